The van der Waals surface area contributed by atoms with Gasteiger partial charge in [0.15, 0.2) is 37.2 Å². The molecule has 0 saturated carbocycles. The average Bonchev–Trinajstić information content (AvgIpc) is 3.44. The Bertz CT molecular complexity index is 1720. The van der Waals surface area contributed by atoms with Gasteiger partial charge in [0.2, 0.25) is 5.91 Å². The second-order valence-corrected chi connectivity index (χ2v) is 21.4. The normalized spacial score (nSPS) is 27.1. The van der Waals surface area contributed by atoms with E-state index < -0.39 is 116 Å². The lowest BCUT2D eigenvalue weighted by Gasteiger charge is -2.45. The number of rotatable bonds is 40. The maximum absolute atomic E-state index is 12.6. The van der Waals surface area contributed by atoms with Crippen LogP contribution < -0.4 is 5.32 Å². The van der Waals surface area contributed by atoms with E-state index in [1.165, 1.54) is 26.2 Å². The smallest absolute Gasteiger partial charge is 0.303 e. The predicted molar refractivity (Wildman–Crippen MR) is 283 cm³/mol. The Labute approximate surface area is 462 Å². The lowest BCUT2D eigenvalue weighted by atomic mass is 9.98. The van der Waals surface area contributed by atoms with E-state index in [0.717, 1.165) is 137 Å². The number of aliphatic hydroxyl groups is 4. The lowest BCUT2D eigenvalue weighted by Crippen LogP contribution is -2.63. The van der Waals surface area contributed by atoms with Gasteiger partial charge in [0.05, 0.1) is 25.9 Å². The van der Waals surface area contributed by atoms with Gasteiger partial charge in [0.25, 0.3) is 0 Å². The summed E-state index contributed by atoms with van der Waals surface area (Å²) in [6.45, 7) is 7.34. The summed E-state index contributed by atoms with van der Waals surface area (Å²) in [6.07, 6.45) is 2.22. The van der Waals surface area contributed by atoms with Crippen LogP contribution >= 0.6 is 0 Å². The summed E-state index contributed by atoms with van der Waals surface area (Å²) in [5, 5.41) is 48.0. The standard InChI is InChI=1S/C56H98N2O20/c1-8-9-20-29-44(43(72-37(2)59)30-23-18-15-17-22-28-41(63)27-21-16-13-11-10-12-14-19-24-31-47(65)57-32-25-26-33-58(6)7)76-54-49(67)48(66)45(35-70-54)77-55-50(68)51(42(64)34-69-55)78-56-53(75-40(5)62)52(74-39(4)61)46(36-71-56)73-38(3)60/h42-46,48-56,64,66-68H,8-36H2,1-7H3,(H,57,65). The van der Waals surface area contributed by atoms with Crippen LogP contribution in [0.3, 0.4) is 0 Å². The number of hydrogen-bond donors (Lipinski definition) is 5. The molecule has 0 aromatic carbocycles. The second-order valence-electron chi connectivity index (χ2n) is 21.4. The zero-order valence-corrected chi connectivity index (χ0v) is 47.9. The summed E-state index contributed by atoms with van der Waals surface area (Å²) < 4.78 is 57.2. The first-order valence-electron chi connectivity index (χ1n) is 29.0. The minimum absolute atomic E-state index is 0.162. The molecule has 3 heterocycles. The molecule has 0 aromatic heterocycles. The Balaban J connectivity index is 1.40. The van der Waals surface area contributed by atoms with Crippen LogP contribution in [0.25, 0.3) is 0 Å². The van der Waals surface area contributed by atoms with Gasteiger partial charge in [-0.15, -0.1) is 0 Å². The molecule has 0 aliphatic carbocycles. The van der Waals surface area contributed by atoms with Crippen molar-refractivity contribution in [3.63, 3.8) is 0 Å². The molecule has 1 amide bonds. The van der Waals surface area contributed by atoms with Gasteiger partial charge in [-0.1, -0.05) is 90.4 Å². The Hall–Kier alpha value is -3.42. The zero-order chi connectivity index (χ0) is 57.4. The predicted octanol–water partition coefficient (Wildman–Crippen LogP) is 5.01. The summed E-state index contributed by atoms with van der Waals surface area (Å²) in [5.74, 6) is -2.36. The first-order valence-corrected chi connectivity index (χ1v) is 29.0. The van der Waals surface area contributed by atoms with Gasteiger partial charge in [-0.25, -0.2) is 0 Å². The van der Waals surface area contributed by atoms with Crippen LogP contribution in [-0.4, -0.2) is 194 Å². The van der Waals surface area contributed by atoms with Gasteiger partial charge in [0, 0.05) is 53.5 Å². The molecule has 0 bridgehead atoms. The molecule has 0 spiro atoms. The highest BCUT2D eigenvalue weighted by Crippen LogP contribution is 2.32. The summed E-state index contributed by atoms with van der Waals surface area (Å²) in [5.41, 5.74) is 0. The largest absolute Gasteiger partial charge is 0.460 e. The summed E-state index contributed by atoms with van der Waals surface area (Å²) >= 11 is 0. The maximum Gasteiger partial charge on any atom is 0.303 e. The highest BCUT2D eigenvalue weighted by Gasteiger charge is 2.52. The molecule has 3 saturated heterocycles. The first kappa shape index (κ1) is 68.9. The minimum Gasteiger partial charge on any atom is -0.460 e. The van der Waals surface area contributed by atoms with E-state index in [2.05, 4.69) is 31.2 Å². The molecule has 3 rings (SSSR count). The number of carbonyl (C=O) groups excluding carboxylic acids is 6. The number of ketones is 1. The fourth-order valence-corrected chi connectivity index (χ4v) is 9.90. The number of hydrogen-bond acceptors (Lipinski definition) is 21. The van der Waals surface area contributed by atoms with Crippen LogP contribution in [0.15, 0.2) is 0 Å². The van der Waals surface area contributed by atoms with Crippen molar-refractivity contribution in [2.45, 2.75) is 275 Å². The van der Waals surface area contributed by atoms with Crippen LogP contribution in [0.5, 0.6) is 0 Å². The van der Waals surface area contributed by atoms with E-state index in [-0.39, 0.29) is 19.1 Å². The van der Waals surface area contributed by atoms with Crippen molar-refractivity contribution in [3.05, 3.63) is 0 Å². The van der Waals surface area contributed by atoms with E-state index in [1.807, 2.05) is 0 Å². The first-order chi connectivity index (χ1) is 37.3. The minimum atomic E-state index is -1.77. The van der Waals surface area contributed by atoms with Crippen molar-refractivity contribution >= 4 is 35.6 Å². The number of nitrogens with zero attached hydrogens (tertiary/aromatic N) is 1. The number of amides is 1. The fraction of sp³-hybridized carbons (Fsp3) is 0.893. The van der Waals surface area contributed by atoms with E-state index in [9.17, 15) is 49.2 Å². The van der Waals surface area contributed by atoms with Crippen LogP contribution in [-0.2, 0) is 76.1 Å². The second kappa shape index (κ2) is 39.1. The van der Waals surface area contributed by atoms with Crippen LogP contribution in [0.2, 0.25) is 0 Å². The topological polar surface area (TPSA) is 291 Å². The van der Waals surface area contributed by atoms with Crippen molar-refractivity contribution in [3.8, 4) is 0 Å². The zero-order valence-electron chi connectivity index (χ0n) is 47.9. The van der Waals surface area contributed by atoms with E-state index in [4.69, 9.17) is 47.4 Å². The number of Topliss-reactive ketones (excluding diaryl/α,β-unsaturated/α-hetero) is 1. The summed E-state index contributed by atoms with van der Waals surface area (Å²) in [6, 6.07) is 0. The van der Waals surface area contributed by atoms with Crippen LogP contribution in [0, 0.1) is 0 Å². The Morgan fingerprint density at radius 3 is 1.63 bits per heavy atom. The molecular weight excluding hydrogens is 1020 g/mol. The highest BCUT2D eigenvalue weighted by atomic mass is 16.8. The van der Waals surface area contributed by atoms with Gasteiger partial charge in [-0.3, -0.25) is 28.8 Å². The number of esters is 4. The van der Waals surface area contributed by atoms with Crippen molar-refractivity contribution in [1.82, 2.24) is 10.2 Å². The molecule has 0 radical (unpaired) electrons. The molecule has 14 unspecified atom stereocenters. The average molecular weight is 1120 g/mol. The molecule has 3 aliphatic heterocycles. The van der Waals surface area contributed by atoms with E-state index >= 15 is 0 Å². The number of aliphatic hydroxyl groups excluding tert-OH is 4. The van der Waals surface area contributed by atoms with Gasteiger partial charge >= 0.3 is 23.9 Å². The third-order valence-electron chi connectivity index (χ3n) is 14.1. The van der Waals surface area contributed by atoms with Crippen molar-refractivity contribution in [1.29, 1.82) is 0 Å². The molecule has 3 aliphatic rings. The van der Waals surface area contributed by atoms with Gasteiger partial charge in [0.1, 0.15) is 48.5 Å². The quantitative estimate of drug-likeness (QED) is 0.0306. The molecule has 5 N–H and O–H groups in total. The Morgan fingerprint density at radius 2 is 1.04 bits per heavy atom. The number of carbonyl (C=O) groups is 6. The molecule has 3 fully saturated rings. The molecule has 0 aromatic rings. The SMILES string of the molecule is CCCCCC(OC1OCC(OC2OCC(O)C(OC3OCC(OC(C)=O)C(OC(C)=O)C3OC(C)=O)C2O)C(O)C1O)C(CCCCCCCC(=O)CCCCCCCCCCCC(=O)NCCCCN(C)C)OC(C)=O. The molecule has 22 nitrogen and oxygen atoms in total. The third-order valence-corrected chi connectivity index (χ3v) is 14.1. The Kier molecular flexibility index (Phi) is 34.5. The van der Waals surface area contributed by atoms with Gasteiger partial charge in [-0.05, 0) is 72.0 Å². The monoisotopic (exact) mass is 1120 g/mol. The maximum atomic E-state index is 12.6. The van der Waals surface area contributed by atoms with Crippen LogP contribution in [0.4, 0.5) is 0 Å². The van der Waals surface area contributed by atoms with Crippen molar-refractivity contribution < 1.29 is 96.6 Å². The van der Waals surface area contributed by atoms with Crippen molar-refractivity contribution in [2.24, 2.45) is 0 Å². The van der Waals surface area contributed by atoms with Crippen LogP contribution in [0.1, 0.15) is 189 Å². The third kappa shape index (κ3) is 27.4. The summed E-state index contributed by atoms with van der Waals surface area (Å²) in [4.78, 5) is 75.2. The number of ether oxygens (including phenoxy) is 10. The molecule has 14 atom stereocenters. The molecule has 452 valence electrons. The van der Waals surface area contributed by atoms with Gasteiger partial charge in [-0.2, -0.15) is 0 Å². The molecule has 78 heavy (non-hydrogen) atoms. The molecular formula is C56H98N2O20. The Morgan fingerprint density at radius 1 is 0.513 bits per heavy atom. The fourth-order valence-electron chi connectivity index (χ4n) is 9.90. The van der Waals surface area contributed by atoms with Crippen molar-refractivity contribution in [2.75, 3.05) is 47.0 Å². The highest BCUT2D eigenvalue weighted by molar-refractivity contribution is 5.78. The molecule has 22 heteroatoms. The van der Waals surface area contributed by atoms with Gasteiger partial charge < -0.3 is 78.0 Å². The summed E-state index contributed by atoms with van der Waals surface area (Å²) in [7, 11) is 4.12. The van der Waals surface area contributed by atoms with E-state index in [1.54, 1.807) is 0 Å². The number of unbranched alkanes of at least 4 members (excludes halogenated alkanes) is 15. The number of nitrogens with one attached hydrogen (secondary N) is 1. The lowest BCUT2D eigenvalue weighted by molar-refractivity contribution is -0.356. The van der Waals surface area contributed by atoms with E-state index in [0.29, 0.717) is 37.9 Å².